The van der Waals surface area contributed by atoms with Crippen molar-refractivity contribution in [1.82, 2.24) is 5.32 Å². The van der Waals surface area contributed by atoms with E-state index >= 15 is 0 Å². The monoisotopic (exact) mass is 227 g/mol. The highest BCUT2D eigenvalue weighted by atomic mass is 16.5. The zero-order valence-corrected chi connectivity index (χ0v) is 11.7. The zero-order valence-electron chi connectivity index (χ0n) is 11.7. The lowest BCUT2D eigenvalue weighted by Crippen LogP contribution is -2.35. The van der Waals surface area contributed by atoms with Crippen molar-refractivity contribution >= 4 is 0 Å². The lowest BCUT2D eigenvalue weighted by atomic mass is 9.93. The minimum Gasteiger partial charge on any atom is -0.377 e. The van der Waals surface area contributed by atoms with E-state index in [1.54, 1.807) is 0 Å². The van der Waals surface area contributed by atoms with Crippen molar-refractivity contribution in [2.45, 2.75) is 66.0 Å². The van der Waals surface area contributed by atoms with Gasteiger partial charge in [-0.3, -0.25) is 0 Å². The molecule has 1 unspecified atom stereocenters. The molecule has 1 N–H and O–H groups in total. The minimum atomic E-state index is 0.378. The van der Waals surface area contributed by atoms with Gasteiger partial charge in [-0.1, -0.05) is 34.6 Å². The summed E-state index contributed by atoms with van der Waals surface area (Å²) in [6, 6.07) is 0.785. The SMILES string of the molecule is CC(C)C(CNC1CC1)OCCC(C)(C)C. The van der Waals surface area contributed by atoms with Crippen LogP contribution in [0.15, 0.2) is 0 Å². The van der Waals surface area contributed by atoms with E-state index in [4.69, 9.17) is 4.74 Å². The molecule has 0 aliphatic heterocycles. The van der Waals surface area contributed by atoms with Crippen LogP contribution >= 0.6 is 0 Å². The smallest absolute Gasteiger partial charge is 0.0722 e. The molecule has 2 heteroatoms. The van der Waals surface area contributed by atoms with Crippen LogP contribution in [-0.2, 0) is 4.74 Å². The summed E-state index contributed by atoms with van der Waals surface area (Å²) in [5.41, 5.74) is 0.380. The molecule has 1 aliphatic rings. The van der Waals surface area contributed by atoms with Crippen LogP contribution < -0.4 is 5.32 Å². The summed E-state index contributed by atoms with van der Waals surface area (Å²) in [6.07, 6.45) is 4.22. The van der Waals surface area contributed by atoms with Crippen LogP contribution in [0.2, 0.25) is 0 Å². The van der Waals surface area contributed by atoms with Crippen LogP contribution in [0.5, 0.6) is 0 Å². The van der Waals surface area contributed by atoms with Gasteiger partial charge in [-0.05, 0) is 30.6 Å². The molecule has 0 aromatic heterocycles. The molecule has 0 spiro atoms. The van der Waals surface area contributed by atoms with Gasteiger partial charge >= 0.3 is 0 Å². The quantitative estimate of drug-likeness (QED) is 0.721. The highest BCUT2D eigenvalue weighted by molar-refractivity contribution is 4.82. The Balaban J connectivity index is 2.16. The van der Waals surface area contributed by atoms with E-state index in [1.807, 2.05) is 0 Å². The Bertz CT molecular complexity index is 191. The average Bonchev–Trinajstić information content (AvgIpc) is 2.91. The summed E-state index contributed by atoms with van der Waals surface area (Å²) in [5, 5.41) is 3.56. The first-order valence-electron chi connectivity index (χ1n) is 6.73. The van der Waals surface area contributed by atoms with E-state index in [-0.39, 0.29) is 0 Å². The standard InChI is InChI=1S/C14H29NO/c1-11(2)13(10-15-12-6-7-12)16-9-8-14(3,4)5/h11-13,15H,6-10H2,1-5H3. The second-order valence-corrected chi connectivity index (χ2v) is 6.65. The van der Waals surface area contributed by atoms with Crippen molar-refractivity contribution in [3.05, 3.63) is 0 Å². The summed E-state index contributed by atoms with van der Waals surface area (Å²) >= 11 is 0. The average molecular weight is 227 g/mol. The summed E-state index contributed by atoms with van der Waals surface area (Å²) in [6.45, 7) is 13.2. The van der Waals surface area contributed by atoms with E-state index in [1.165, 1.54) is 12.8 Å². The summed E-state index contributed by atoms with van der Waals surface area (Å²) in [4.78, 5) is 0. The maximum Gasteiger partial charge on any atom is 0.0722 e. The molecule has 1 fully saturated rings. The second-order valence-electron chi connectivity index (χ2n) is 6.65. The fourth-order valence-corrected chi connectivity index (χ4v) is 1.57. The van der Waals surface area contributed by atoms with Crippen molar-refractivity contribution in [3.63, 3.8) is 0 Å². The van der Waals surface area contributed by atoms with E-state index < -0.39 is 0 Å². The van der Waals surface area contributed by atoms with Gasteiger partial charge in [-0.25, -0.2) is 0 Å². The predicted molar refractivity (Wildman–Crippen MR) is 69.7 cm³/mol. The molecular weight excluding hydrogens is 198 g/mol. The number of ether oxygens (including phenoxy) is 1. The number of rotatable bonds is 7. The Morgan fingerprint density at radius 2 is 1.88 bits per heavy atom. The number of hydrogen-bond acceptors (Lipinski definition) is 2. The van der Waals surface area contributed by atoms with Gasteiger partial charge in [0.15, 0.2) is 0 Å². The summed E-state index contributed by atoms with van der Waals surface area (Å²) < 4.78 is 6.00. The molecule has 0 bridgehead atoms. The van der Waals surface area contributed by atoms with Gasteiger partial charge < -0.3 is 10.1 Å². The molecule has 0 saturated heterocycles. The molecule has 1 atom stereocenters. The minimum absolute atomic E-state index is 0.378. The molecule has 0 aromatic carbocycles. The molecule has 1 aliphatic carbocycles. The topological polar surface area (TPSA) is 21.3 Å². The second kappa shape index (κ2) is 6.02. The van der Waals surface area contributed by atoms with E-state index in [0.29, 0.717) is 17.4 Å². The van der Waals surface area contributed by atoms with E-state index in [9.17, 15) is 0 Å². The van der Waals surface area contributed by atoms with Gasteiger partial charge in [0.1, 0.15) is 0 Å². The Hall–Kier alpha value is -0.0800. The fraction of sp³-hybridized carbons (Fsp3) is 1.00. The van der Waals surface area contributed by atoms with E-state index in [0.717, 1.165) is 25.6 Å². The van der Waals surface area contributed by atoms with Crippen LogP contribution in [0.1, 0.15) is 53.9 Å². The first kappa shape index (κ1) is 14.0. The fourth-order valence-electron chi connectivity index (χ4n) is 1.57. The van der Waals surface area contributed by atoms with E-state index in [2.05, 4.69) is 39.9 Å². The van der Waals surface area contributed by atoms with Gasteiger partial charge in [0.2, 0.25) is 0 Å². The maximum absolute atomic E-state index is 6.00. The Morgan fingerprint density at radius 1 is 1.25 bits per heavy atom. The predicted octanol–water partition coefficient (Wildman–Crippen LogP) is 3.22. The summed E-state index contributed by atoms with van der Waals surface area (Å²) in [5.74, 6) is 0.603. The Labute approximate surface area is 101 Å². The highest BCUT2D eigenvalue weighted by Crippen LogP contribution is 2.21. The van der Waals surface area contributed by atoms with Crippen molar-refractivity contribution < 1.29 is 4.74 Å². The van der Waals surface area contributed by atoms with Crippen molar-refractivity contribution in [2.24, 2.45) is 11.3 Å². The van der Waals surface area contributed by atoms with Crippen molar-refractivity contribution in [3.8, 4) is 0 Å². The molecule has 0 aromatic rings. The van der Waals surface area contributed by atoms with Gasteiger partial charge in [0.05, 0.1) is 6.10 Å². The molecule has 0 radical (unpaired) electrons. The van der Waals surface area contributed by atoms with Gasteiger partial charge in [0.25, 0.3) is 0 Å². The Morgan fingerprint density at radius 3 is 2.31 bits per heavy atom. The van der Waals surface area contributed by atoms with Gasteiger partial charge in [0, 0.05) is 19.2 Å². The lowest BCUT2D eigenvalue weighted by molar-refractivity contribution is 0.0105. The molecule has 0 amide bonds. The first-order chi connectivity index (χ1) is 7.38. The largest absolute Gasteiger partial charge is 0.377 e. The molecule has 1 saturated carbocycles. The Kier molecular flexibility index (Phi) is 5.26. The zero-order chi connectivity index (χ0) is 12.2. The van der Waals surface area contributed by atoms with Gasteiger partial charge in [-0.15, -0.1) is 0 Å². The first-order valence-corrected chi connectivity index (χ1v) is 6.73. The van der Waals surface area contributed by atoms with Crippen LogP contribution in [0, 0.1) is 11.3 Å². The number of hydrogen-bond donors (Lipinski definition) is 1. The number of nitrogens with one attached hydrogen (secondary N) is 1. The maximum atomic E-state index is 6.00. The highest BCUT2D eigenvalue weighted by Gasteiger charge is 2.23. The van der Waals surface area contributed by atoms with Crippen molar-refractivity contribution in [1.29, 1.82) is 0 Å². The summed E-state index contributed by atoms with van der Waals surface area (Å²) in [7, 11) is 0. The van der Waals surface area contributed by atoms with Crippen molar-refractivity contribution in [2.75, 3.05) is 13.2 Å². The molecule has 1 rings (SSSR count). The third kappa shape index (κ3) is 6.49. The molecule has 96 valence electrons. The molecular formula is C14H29NO. The third-order valence-electron chi connectivity index (χ3n) is 3.11. The molecule has 16 heavy (non-hydrogen) atoms. The molecule has 0 heterocycles. The third-order valence-corrected chi connectivity index (χ3v) is 3.11. The van der Waals surface area contributed by atoms with Crippen LogP contribution in [0.3, 0.4) is 0 Å². The van der Waals surface area contributed by atoms with Gasteiger partial charge in [-0.2, -0.15) is 0 Å². The molecule has 2 nitrogen and oxygen atoms in total. The van der Waals surface area contributed by atoms with Crippen LogP contribution in [0.4, 0.5) is 0 Å². The van der Waals surface area contributed by atoms with Crippen LogP contribution in [0.25, 0.3) is 0 Å². The lowest BCUT2D eigenvalue weighted by Gasteiger charge is -2.25. The van der Waals surface area contributed by atoms with Crippen LogP contribution in [-0.4, -0.2) is 25.3 Å². The normalized spacial score (nSPS) is 19.1.